The molecule has 2 nitrogen and oxygen atoms in total. The summed E-state index contributed by atoms with van der Waals surface area (Å²) in [6, 6.07) is 0.702. The first-order valence-electron chi connectivity index (χ1n) is 4.18. The van der Waals surface area contributed by atoms with E-state index >= 15 is 0 Å². The summed E-state index contributed by atoms with van der Waals surface area (Å²) in [6.45, 7) is 9.02. The van der Waals surface area contributed by atoms with Crippen molar-refractivity contribution >= 4 is 0 Å². The van der Waals surface area contributed by atoms with Gasteiger partial charge in [-0.25, -0.2) is 0 Å². The molecule has 1 saturated heterocycles. The maximum absolute atomic E-state index is 4.36. The third-order valence-corrected chi connectivity index (χ3v) is 2.04. The average molecular weight is 180 g/mol. The van der Waals surface area contributed by atoms with E-state index in [9.17, 15) is 0 Å². The van der Waals surface area contributed by atoms with Crippen molar-refractivity contribution in [3.8, 4) is 0 Å². The molecule has 0 unspecified atom stereocenters. The zero-order valence-corrected chi connectivity index (χ0v) is 11.1. The first kappa shape index (κ1) is 12.6. The summed E-state index contributed by atoms with van der Waals surface area (Å²) in [4.78, 5) is 2.50. The molecule has 60 valence electrons. The van der Waals surface area contributed by atoms with Crippen molar-refractivity contribution in [3.05, 3.63) is 5.32 Å². The van der Waals surface area contributed by atoms with Crippen molar-refractivity contribution in [2.24, 2.45) is 0 Å². The maximum atomic E-state index is 4.36. The fraction of sp³-hybridized carbons (Fsp3) is 1.00. The predicted molar refractivity (Wildman–Crippen MR) is 44.4 cm³/mol. The molecule has 3 heteroatoms. The van der Waals surface area contributed by atoms with E-state index < -0.39 is 0 Å². The van der Waals surface area contributed by atoms with Gasteiger partial charge < -0.3 is 10.2 Å². The van der Waals surface area contributed by atoms with E-state index in [0.29, 0.717) is 6.04 Å². The molecule has 11 heavy (non-hydrogen) atoms. The third kappa shape index (κ3) is 4.98. The van der Waals surface area contributed by atoms with Crippen molar-refractivity contribution in [3.63, 3.8) is 0 Å². The Bertz CT molecular complexity index is 88.1. The molecule has 0 N–H and O–H groups in total. The van der Waals surface area contributed by atoms with Crippen molar-refractivity contribution in [2.45, 2.75) is 26.3 Å². The second-order valence-corrected chi connectivity index (χ2v) is 3.15. The Morgan fingerprint density at radius 1 is 1.18 bits per heavy atom. The molecule has 1 heterocycles. The summed E-state index contributed by atoms with van der Waals surface area (Å²) in [5, 5.41) is 4.36. The second-order valence-electron chi connectivity index (χ2n) is 3.15. The maximum Gasteiger partial charge on any atom is 1.00 e. The van der Waals surface area contributed by atoms with E-state index in [0.717, 1.165) is 19.6 Å². The molecule has 1 aliphatic rings. The molecule has 1 rings (SSSR count). The van der Waals surface area contributed by atoms with E-state index in [1.807, 2.05) is 0 Å². The molecule has 0 bridgehead atoms. The fourth-order valence-corrected chi connectivity index (χ4v) is 1.32. The first-order chi connectivity index (χ1) is 4.80. The van der Waals surface area contributed by atoms with Crippen LogP contribution in [0.15, 0.2) is 0 Å². The van der Waals surface area contributed by atoms with Crippen molar-refractivity contribution < 1.29 is 51.4 Å². The van der Waals surface area contributed by atoms with E-state index in [4.69, 9.17) is 0 Å². The van der Waals surface area contributed by atoms with Crippen LogP contribution in [-0.4, -0.2) is 37.1 Å². The van der Waals surface area contributed by atoms with E-state index in [1.165, 1.54) is 13.0 Å². The molecule has 0 aromatic carbocycles. The Balaban J connectivity index is 0.000001000. The predicted octanol–water partition coefficient (Wildman–Crippen LogP) is -1.52. The topological polar surface area (TPSA) is 17.3 Å². The van der Waals surface area contributed by atoms with Gasteiger partial charge in [-0.1, -0.05) is 6.42 Å². The van der Waals surface area contributed by atoms with Gasteiger partial charge in [-0.2, -0.15) is 0 Å². The SMILES string of the molecule is CC(C)N1CCC[N-]CC1.[K+]. The summed E-state index contributed by atoms with van der Waals surface area (Å²) in [5.74, 6) is 0. The Labute approximate surface area is 113 Å². The molecule has 0 spiro atoms. The minimum Gasteiger partial charge on any atom is -0.661 e. The van der Waals surface area contributed by atoms with Crippen LogP contribution in [-0.2, 0) is 0 Å². The minimum absolute atomic E-state index is 0. The Hall–Kier alpha value is 1.56. The van der Waals surface area contributed by atoms with E-state index in [1.54, 1.807) is 0 Å². The fourth-order valence-electron chi connectivity index (χ4n) is 1.32. The number of nitrogens with zero attached hydrogens (tertiary/aromatic N) is 2. The zero-order chi connectivity index (χ0) is 7.40. The summed E-state index contributed by atoms with van der Waals surface area (Å²) >= 11 is 0. The van der Waals surface area contributed by atoms with Gasteiger partial charge in [0.15, 0.2) is 0 Å². The van der Waals surface area contributed by atoms with Gasteiger partial charge in [0.2, 0.25) is 0 Å². The van der Waals surface area contributed by atoms with Gasteiger partial charge in [-0.15, -0.1) is 13.1 Å². The van der Waals surface area contributed by atoms with Crippen LogP contribution in [0.25, 0.3) is 5.32 Å². The van der Waals surface area contributed by atoms with Crippen LogP contribution >= 0.6 is 0 Å². The molecule has 0 amide bonds. The van der Waals surface area contributed by atoms with Crippen LogP contribution in [0.4, 0.5) is 0 Å². The normalized spacial score (nSPS) is 21.0. The molecule has 0 saturated carbocycles. The van der Waals surface area contributed by atoms with Crippen LogP contribution in [0.1, 0.15) is 20.3 Å². The molecule has 0 aromatic heterocycles. The Kier molecular flexibility index (Phi) is 8.00. The number of rotatable bonds is 1. The molecule has 1 aliphatic heterocycles. The molecule has 0 aliphatic carbocycles. The smallest absolute Gasteiger partial charge is 0.661 e. The summed E-state index contributed by atoms with van der Waals surface area (Å²) in [5.41, 5.74) is 0. The van der Waals surface area contributed by atoms with Gasteiger partial charge in [0.1, 0.15) is 0 Å². The second kappa shape index (κ2) is 7.01. The molecule has 0 atom stereocenters. The summed E-state index contributed by atoms with van der Waals surface area (Å²) in [7, 11) is 0. The standard InChI is InChI=1S/C8H17N2.K/c1-8(2)10-6-3-4-9-5-7-10;/h8H,3-7H2,1-2H3;/q-1;+1. The van der Waals surface area contributed by atoms with E-state index in [2.05, 4.69) is 24.1 Å². The molecule has 0 radical (unpaired) electrons. The van der Waals surface area contributed by atoms with Crippen LogP contribution in [0.5, 0.6) is 0 Å². The van der Waals surface area contributed by atoms with Gasteiger partial charge in [0.05, 0.1) is 0 Å². The van der Waals surface area contributed by atoms with Crippen LogP contribution in [0.2, 0.25) is 0 Å². The molecular weight excluding hydrogens is 163 g/mol. The monoisotopic (exact) mass is 180 g/mol. The first-order valence-corrected chi connectivity index (χ1v) is 4.18. The van der Waals surface area contributed by atoms with Gasteiger partial charge in [0.25, 0.3) is 0 Å². The number of hydrogen-bond acceptors (Lipinski definition) is 1. The largest absolute Gasteiger partial charge is 1.00 e. The number of hydrogen-bond donors (Lipinski definition) is 0. The summed E-state index contributed by atoms with van der Waals surface area (Å²) < 4.78 is 0. The van der Waals surface area contributed by atoms with Gasteiger partial charge in [0, 0.05) is 6.04 Å². The average Bonchev–Trinajstić information content (AvgIpc) is 2.12. The van der Waals surface area contributed by atoms with Gasteiger partial charge >= 0.3 is 51.4 Å². The van der Waals surface area contributed by atoms with Crippen LogP contribution in [0, 0.1) is 0 Å². The van der Waals surface area contributed by atoms with Crippen LogP contribution in [0.3, 0.4) is 0 Å². The van der Waals surface area contributed by atoms with Crippen molar-refractivity contribution in [1.82, 2.24) is 4.90 Å². The minimum atomic E-state index is 0. The van der Waals surface area contributed by atoms with Crippen molar-refractivity contribution in [2.75, 3.05) is 26.2 Å². The van der Waals surface area contributed by atoms with Gasteiger partial charge in [-0.3, -0.25) is 0 Å². The van der Waals surface area contributed by atoms with Crippen molar-refractivity contribution in [1.29, 1.82) is 0 Å². The summed E-state index contributed by atoms with van der Waals surface area (Å²) in [6.07, 6.45) is 1.25. The van der Waals surface area contributed by atoms with E-state index in [-0.39, 0.29) is 51.4 Å². The van der Waals surface area contributed by atoms with Crippen LogP contribution < -0.4 is 51.4 Å². The Morgan fingerprint density at radius 3 is 2.55 bits per heavy atom. The van der Waals surface area contributed by atoms with Gasteiger partial charge in [-0.05, 0) is 26.9 Å². The Morgan fingerprint density at radius 2 is 1.91 bits per heavy atom. The molecule has 1 fully saturated rings. The molecular formula is C8H17KN2. The third-order valence-electron chi connectivity index (χ3n) is 2.04. The zero-order valence-electron chi connectivity index (χ0n) is 8.01. The molecule has 0 aromatic rings. The quantitative estimate of drug-likeness (QED) is 0.448.